The van der Waals surface area contributed by atoms with E-state index in [4.69, 9.17) is 0 Å². The van der Waals surface area contributed by atoms with Crippen LogP contribution in [0.3, 0.4) is 0 Å². The van der Waals surface area contributed by atoms with Gasteiger partial charge in [0.15, 0.2) is 0 Å². The second-order valence-corrected chi connectivity index (χ2v) is 5.78. The van der Waals surface area contributed by atoms with Gasteiger partial charge in [0, 0.05) is 5.69 Å². The summed E-state index contributed by atoms with van der Waals surface area (Å²) in [5.41, 5.74) is 0.780. The smallest absolute Gasteiger partial charge is 0.260 e. The van der Waals surface area contributed by atoms with Crippen LogP contribution in [-0.2, 0) is 5.54 Å². The molecule has 4 nitrogen and oxygen atoms in total. The van der Waals surface area contributed by atoms with Crippen LogP contribution in [0.2, 0.25) is 0 Å². The van der Waals surface area contributed by atoms with Crippen LogP contribution in [0.25, 0.3) is 0 Å². The lowest BCUT2D eigenvalue weighted by Gasteiger charge is -2.43. The van der Waals surface area contributed by atoms with Crippen molar-refractivity contribution in [2.75, 3.05) is 0 Å². The standard InChI is InChI=1S/C17H17FN2O2/c1-11-3-8-14(15(21)19-11)16(22)20-17(9-2-10-17)12-4-6-13(18)7-5-12/h3-8H,2,9-10H2,1H3,(H,19,21)(H,20,22). The van der Waals surface area contributed by atoms with Gasteiger partial charge in [-0.2, -0.15) is 0 Å². The van der Waals surface area contributed by atoms with Gasteiger partial charge in [-0.25, -0.2) is 4.39 Å². The van der Waals surface area contributed by atoms with Crippen molar-refractivity contribution in [3.8, 4) is 0 Å². The quantitative estimate of drug-likeness (QED) is 0.915. The number of aromatic nitrogens is 1. The first kappa shape index (κ1) is 14.5. The highest BCUT2D eigenvalue weighted by Crippen LogP contribution is 2.41. The van der Waals surface area contributed by atoms with Gasteiger partial charge < -0.3 is 10.3 Å². The average Bonchev–Trinajstić information content (AvgIpc) is 2.43. The predicted octanol–water partition coefficient (Wildman–Crippen LogP) is 2.63. The van der Waals surface area contributed by atoms with Crippen LogP contribution < -0.4 is 10.9 Å². The number of halogens is 1. The number of amides is 1. The summed E-state index contributed by atoms with van der Waals surface area (Å²) in [6, 6.07) is 9.38. The van der Waals surface area contributed by atoms with E-state index in [0.29, 0.717) is 5.69 Å². The van der Waals surface area contributed by atoms with Crippen LogP contribution in [0, 0.1) is 12.7 Å². The molecule has 0 atom stereocenters. The summed E-state index contributed by atoms with van der Waals surface area (Å²) in [5, 5.41) is 2.96. The molecule has 1 aliphatic carbocycles. The zero-order valence-corrected chi connectivity index (χ0v) is 12.3. The monoisotopic (exact) mass is 300 g/mol. The highest BCUT2D eigenvalue weighted by atomic mass is 19.1. The molecule has 0 saturated heterocycles. The van der Waals surface area contributed by atoms with Crippen molar-refractivity contribution in [3.63, 3.8) is 0 Å². The van der Waals surface area contributed by atoms with Gasteiger partial charge in [-0.05, 0) is 56.0 Å². The Morgan fingerprint density at radius 1 is 1.18 bits per heavy atom. The normalized spacial score (nSPS) is 15.9. The second kappa shape index (κ2) is 5.40. The first-order chi connectivity index (χ1) is 10.5. The van der Waals surface area contributed by atoms with Crippen LogP contribution in [-0.4, -0.2) is 10.9 Å². The Morgan fingerprint density at radius 3 is 2.41 bits per heavy atom. The number of carbonyl (C=O) groups is 1. The van der Waals surface area contributed by atoms with Gasteiger partial charge in [-0.15, -0.1) is 0 Å². The van der Waals surface area contributed by atoms with Crippen LogP contribution >= 0.6 is 0 Å². The van der Waals surface area contributed by atoms with E-state index in [2.05, 4.69) is 10.3 Å². The fourth-order valence-corrected chi connectivity index (χ4v) is 2.82. The molecule has 2 aromatic rings. The van der Waals surface area contributed by atoms with Gasteiger partial charge in [0.2, 0.25) is 0 Å². The lowest BCUT2D eigenvalue weighted by Crippen LogP contribution is -2.51. The molecule has 5 heteroatoms. The number of pyridine rings is 1. The molecular weight excluding hydrogens is 283 g/mol. The van der Waals surface area contributed by atoms with E-state index in [9.17, 15) is 14.0 Å². The summed E-state index contributed by atoms with van der Waals surface area (Å²) >= 11 is 0. The lowest BCUT2D eigenvalue weighted by molar-refractivity contribution is 0.0821. The van der Waals surface area contributed by atoms with Crippen LogP contribution in [0.1, 0.15) is 40.9 Å². The lowest BCUT2D eigenvalue weighted by atomic mass is 9.71. The van der Waals surface area contributed by atoms with Crippen LogP contribution in [0.4, 0.5) is 4.39 Å². The number of aryl methyl sites for hydroxylation is 1. The number of nitrogens with one attached hydrogen (secondary N) is 2. The van der Waals surface area contributed by atoms with E-state index in [1.807, 2.05) is 0 Å². The number of hydrogen-bond donors (Lipinski definition) is 2. The van der Waals surface area contributed by atoms with Gasteiger partial charge >= 0.3 is 0 Å². The molecule has 1 aromatic carbocycles. The van der Waals surface area contributed by atoms with Crippen molar-refractivity contribution in [2.24, 2.45) is 0 Å². The predicted molar refractivity (Wildman–Crippen MR) is 81.2 cm³/mol. The molecule has 1 heterocycles. The molecule has 0 bridgehead atoms. The van der Waals surface area contributed by atoms with Crippen LogP contribution in [0.5, 0.6) is 0 Å². The van der Waals surface area contributed by atoms with Gasteiger partial charge in [0.05, 0.1) is 5.54 Å². The highest BCUT2D eigenvalue weighted by Gasteiger charge is 2.40. The maximum absolute atomic E-state index is 13.1. The molecule has 1 saturated carbocycles. The SMILES string of the molecule is Cc1ccc(C(=O)NC2(c3ccc(F)cc3)CCC2)c(=O)[nH]1. The van der Waals surface area contributed by atoms with Gasteiger partial charge in [0.1, 0.15) is 11.4 Å². The number of hydrogen-bond acceptors (Lipinski definition) is 2. The summed E-state index contributed by atoms with van der Waals surface area (Å²) in [7, 11) is 0. The van der Waals surface area contributed by atoms with Gasteiger partial charge in [0.25, 0.3) is 11.5 Å². The second-order valence-electron chi connectivity index (χ2n) is 5.78. The number of rotatable bonds is 3. The number of aromatic amines is 1. The molecule has 1 aromatic heterocycles. The topological polar surface area (TPSA) is 62.0 Å². The molecule has 0 radical (unpaired) electrons. The van der Waals surface area contributed by atoms with Gasteiger partial charge in [-0.3, -0.25) is 9.59 Å². The minimum atomic E-state index is -0.498. The zero-order chi connectivity index (χ0) is 15.7. The third-order valence-corrected chi connectivity index (χ3v) is 4.26. The maximum Gasteiger partial charge on any atom is 0.260 e. The first-order valence-corrected chi connectivity index (χ1v) is 7.29. The molecule has 1 amide bonds. The van der Waals surface area contributed by atoms with E-state index in [1.54, 1.807) is 25.1 Å². The molecule has 22 heavy (non-hydrogen) atoms. The Kier molecular flexibility index (Phi) is 3.56. The number of carbonyl (C=O) groups excluding carboxylic acids is 1. The summed E-state index contributed by atoms with van der Waals surface area (Å²) in [5.74, 6) is -0.704. The molecule has 3 rings (SSSR count). The zero-order valence-electron chi connectivity index (χ0n) is 12.3. The molecule has 2 N–H and O–H groups in total. The van der Waals surface area contributed by atoms with Crippen molar-refractivity contribution in [1.82, 2.24) is 10.3 Å². The molecule has 0 unspecified atom stereocenters. The summed E-state index contributed by atoms with van der Waals surface area (Å²) in [4.78, 5) is 26.9. The molecule has 0 spiro atoms. The van der Waals surface area contributed by atoms with E-state index in [0.717, 1.165) is 24.8 Å². The summed E-state index contributed by atoms with van der Waals surface area (Å²) in [6.07, 6.45) is 2.56. The largest absolute Gasteiger partial charge is 0.342 e. The fourth-order valence-electron chi connectivity index (χ4n) is 2.82. The van der Waals surface area contributed by atoms with E-state index < -0.39 is 17.0 Å². The van der Waals surface area contributed by atoms with Crippen molar-refractivity contribution in [3.05, 3.63) is 69.4 Å². The van der Waals surface area contributed by atoms with Crippen molar-refractivity contribution >= 4 is 5.91 Å². The summed E-state index contributed by atoms with van der Waals surface area (Å²) in [6.45, 7) is 1.76. The Balaban J connectivity index is 1.88. The summed E-state index contributed by atoms with van der Waals surface area (Å²) < 4.78 is 13.1. The van der Waals surface area contributed by atoms with Gasteiger partial charge in [-0.1, -0.05) is 12.1 Å². The first-order valence-electron chi connectivity index (χ1n) is 7.29. The van der Waals surface area contributed by atoms with Crippen molar-refractivity contribution in [2.45, 2.75) is 31.7 Å². The Bertz CT molecular complexity index is 761. The fraction of sp³-hybridized carbons (Fsp3) is 0.294. The molecule has 1 fully saturated rings. The van der Waals surface area contributed by atoms with E-state index in [1.165, 1.54) is 18.2 Å². The molecule has 114 valence electrons. The average molecular weight is 300 g/mol. The molecule has 0 aliphatic heterocycles. The van der Waals surface area contributed by atoms with Crippen LogP contribution in [0.15, 0.2) is 41.2 Å². The third kappa shape index (κ3) is 2.54. The Morgan fingerprint density at radius 2 is 1.86 bits per heavy atom. The third-order valence-electron chi connectivity index (χ3n) is 4.26. The highest BCUT2D eigenvalue weighted by molar-refractivity contribution is 5.94. The Hall–Kier alpha value is -2.43. The maximum atomic E-state index is 13.1. The van der Waals surface area contributed by atoms with E-state index >= 15 is 0 Å². The minimum Gasteiger partial charge on any atom is -0.342 e. The van der Waals surface area contributed by atoms with Crippen molar-refractivity contribution in [1.29, 1.82) is 0 Å². The number of H-pyrrole nitrogens is 1. The number of benzene rings is 1. The Labute approximate surface area is 127 Å². The minimum absolute atomic E-state index is 0.0963. The van der Waals surface area contributed by atoms with E-state index in [-0.39, 0.29) is 11.4 Å². The molecular formula is C17H17FN2O2. The van der Waals surface area contributed by atoms with Crippen molar-refractivity contribution < 1.29 is 9.18 Å². The molecule has 1 aliphatic rings.